The van der Waals surface area contributed by atoms with Gasteiger partial charge in [-0.05, 0) is 54.0 Å². The van der Waals surface area contributed by atoms with Crippen molar-refractivity contribution in [1.82, 2.24) is 20.9 Å². The summed E-state index contributed by atoms with van der Waals surface area (Å²) in [6, 6.07) is 6.86. The van der Waals surface area contributed by atoms with Gasteiger partial charge in [0.1, 0.15) is 36.0 Å². The molecular formula is C34H48FN9O6. The van der Waals surface area contributed by atoms with E-state index in [0.29, 0.717) is 12.0 Å². The zero-order valence-electron chi connectivity index (χ0n) is 28.3. The Balaban J connectivity index is 1.91. The largest absolute Gasteiger partial charge is 0.394 e. The molecule has 1 heterocycles. The normalized spacial score (nSPS) is 16.3. The van der Waals surface area contributed by atoms with Crippen LogP contribution in [0.5, 0.6) is 0 Å². The van der Waals surface area contributed by atoms with Crippen molar-refractivity contribution in [3.05, 3.63) is 71.0 Å². The van der Waals surface area contributed by atoms with Crippen LogP contribution in [0.3, 0.4) is 0 Å². The van der Waals surface area contributed by atoms with E-state index in [0.717, 1.165) is 11.1 Å². The molecule has 5 atom stereocenters. The van der Waals surface area contributed by atoms with Crippen molar-refractivity contribution >= 4 is 35.5 Å². The van der Waals surface area contributed by atoms with Crippen LogP contribution >= 0.6 is 0 Å². The molecule has 0 spiro atoms. The third-order valence-electron chi connectivity index (χ3n) is 8.28. The first-order valence-electron chi connectivity index (χ1n) is 16.4. The maximum atomic E-state index is 14.3. The van der Waals surface area contributed by atoms with Crippen LogP contribution in [-0.4, -0.2) is 88.9 Å². The van der Waals surface area contributed by atoms with Crippen LogP contribution in [0.15, 0.2) is 53.5 Å². The molecule has 0 radical (unpaired) electrons. The van der Waals surface area contributed by atoms with E-state index in [1.54, 1.807) is 6.07 Å². The minimum absolute atomic E-state index is 0.00945. The molecule has 15 nitrogen and oxygen atoms in total. The summed E-state index contributed by atoms with van der Waals surface area (Å²) in [6.07, 6.45) is 0.751. The van der Waals surface area contributed by atoms with Gasteiger partial charge in [0.25, 0.3) is 0 Å². The first-order valence-corrected chi connectivity index (χ1v) is 16.4. The Bertz CT molecular complexity index is 1530. The highest BCUT2D eigenvalue weighted by molar-refractivity contribution is 5.96. The molecule has 5 amide bonds. The average Bonchev–Trinajstić information content (AvgIpc) is 3.07. The van der Waals surface area contributed by atoms with E-state index in [1.165, 1.54) is 29.2 Å². The smallest absolute Gasteiger partial charge is 0.246 e. The summed E-state index contributed by atoms with van der Waals surface area (Å²) in [5.74, 6) is -4.10. The summed E-state index contributed by atoms with van der Waals surface area (Å²) >= 11 is 0. The van der Waals surface area contributed by atoms with Gasteiger partial charge < -0.3 is 48.9 Å². The van der Waals surface area contributed by atoms with Gasteiger partial charge in [0.05, 0.1) is 6.61 Å². The van der Waals surface area contributed by atoms with Gasteiger partial charge in [-0.2, -0.15) is 0 Å². The lowest BCUT2D eigenvalue weighted by molar-refractivity contribution is -0.145. The summed E-state index contributed by atoms with van der Waals surface area (Å²) in [5, 5.41) is 17.5. The maximum Gasteiger partial charge on any atom is 0.246 e. The number of guanidine groups is 1. The van der Waals surface area contributed by atoms with Gasteiger partial charge in [0.2, 0.25) is 29.5 Å². The summed E-state index contributed by atoms with van der Waals surface area (Å²) < 4.78 is 13.7. The standard InChI is InChI=1S/C34H48FN9O6/c1-19(2)14-26(31(48)41-25(29(37)46)8-5-13-40-34(38)39)42-32(49)28-16-21-6-3-4-7-22(21)17-44(28)33(50)27(43-30(47)24(36)18-45)15-20-9-11-23(35)12-10-20/h3-4,6-7,9-12,19,24-28,45H,5,8,13-18,36H2,1-2H3,(H2,37,46)(H,41,48)(H,42,49)(H,43,47)(H4,38,39,40)/t24-,25-,26-,27+,28+/m0/s1. The minimum atomic E-state index is -1.31. The fraction of sp³-hybridized carbons (Fsp3) is 0.471. The topological polar surface area (TPSA) is 261 Å². The van der Waals surface area contributed by atoms with Gasteiger partial charge in [-0.15, -0.1) is 0 Å². The molecule has 16 heteroatoms. The highest BCUT2D eigenvalue weighted by Gasteiger charge is 2.40. The Labute approximate surface area is 290 Å². The van der Waals surface area contributed by atoms with Crippen molar-refractivity contribution in [2.45, 2.75) is 82.7 Å². The SMILES string of the molecule is CC(C)C[C@H](NC(=O)[C@H]1Cc2ccccc2CN1C(=O)[C@@H](Cc1ccc(F)cc1)NC(=O)[C@@H](N)CO)C(=O)N[C@@H](CCCN=C(N)N)C(N)=O. The number of carbonyl (C=O) groups excluding carboxylic acids is 5. The number of primary amides is 1. The van der Waals surface area contributed by atoms with Crippen molar-refractivity contribution in [1.29, 1.82) is 0 Å². The van der Waals surface area contributed by atoms with E-state index in [2.05, 4.69) is 20.9 Å². The number of aliphatic imine (C=N–C) groups is 1. The van der Waals surface area contributed by atoms with Crippen molar-refractivity contribution in [2.75, 3.05) is 13.2 Å². The Morgan fingerprint density at radius 2 is 1.56 bits per heavy atom. The summed E-state index contributed by atoms with van der Waals surface area (Å²) in [7, 11) is 0. The monoisotopic (exact) mass is 697 g/mol. The van der Waals surface area contributed by atoms with Gasteiger partial charge in [-0.3, -0.25) is 29.0 Å². The molecule has 0 saturated heterocycles. The molecule has 2 aromatic carbocycles. The predicted octanol–water partition coefficient (Wildman–Crippen LogP) is -1.32. The highest BCUT2D eigenvalue weighted by Crippen LogP contribution is 2.25. The molecule has 272 valence electrons. The van der Waals surface area contributed by atoms with E-state index >= 15 is 0 Å². The third-order valence-corrected chi connectivity index (χ3v) is 8.28. The van der Waals surface area contributed by atoms with E-state index in [-0.39, 0.29) is 50.7 Å². The van der Waals surface area contributed by atoms with Crippen molar-refractivity contribution in [2.24, 2.45) is 33.8 Å². The van der Waals surface area contributed by atoms with Gasteiger partial charge >= 0.3 is 0 Å². The molecule has 0 saturated carbocycles. The number of nitrogens with one attached hydrogen (secondary N) is 3. The summed E-state index contributed by atoms with van der Waals surface area (Å²) in [5.41, 5.74) is 24.1. The van der Waals surface area contributed by atoms with Gasteiger partial charge in [0.15, 0.2) is 5.96 Å². The number of halogens is 1. The zero-order chi connectivity index (χ0) is 37.0. The number of carbonyl (C=O) groups is 5. The lowest BCUT2D eigenvalue weighted by Crippen LogP contribution is -2.61. The first kappa shape index (κ1) is 39.3. The Morgan fingerprint density at radius 1 is 0.920 bits per heavy atom. The van der Waals surface area contributed by atoms with E-state index in [1.807, 2.05) is 32.0 Å². The number of hydrogen-bond acceptors (Lipinski definition) is 8. The average molecular weight is 698 g/mol. The Morgan fingerprint density at radius 3 is 2.16 bits per heavy atom. The second-order valence-corrected chi connectivity index (χ2v) is 12.7. The number of fused-ring (bicyclic) bond motifs is 1. The minimum Gasteiger partial charge on any atom is -0.394 e. The first-order chi connectivity index (χ1) is 23.7. The molecule has 1 aliphatic rings. The molecule has 2 aromatic rings. The number of rotatable bonds is 17. The van der Waals surface area contributed by atoms with E-state index in [9.17, 15) is 33.5 Å². The van der Waals surface area contributed by atoms with Crippen LogP contribution in [0.1, 0.15) is 49.8 Å². The number of nitrogens with two attached hydrogens (primary N) is 4. The van der Waals surface area contributed by atoms with Gasteiger partial charge in [-0.1, -0.05) is 50.2 Å². The van der Waals surface area contributed by atoms with Crippen LogP contribution in [0.2, 0.25) is 0 Å². The molecule has 50 heavy (non-hydrogen) atoms. The molecule has 0 fully saturated rings. The second-order valence-electron chi connectivity index (χ2n) is 12.7. The van der Waals surface area contributed by atoms with Crippen LogP contribution in [0, 0.1) is 11.7 Å². The van der Waals surface area contributed by atoms with Crippen molar-refractivity contribution < 1.29 is 33.5 Å². The number of nitrogens with zero attached hydrogens (tertiary/aromatic N) is 2. The fourth-order valence-corrected chi connectivity index (χ4v) is 5.64. The molecule has 0 bridgehead atoms. The fourth-order valence-electron chi connectivity index (χ4n) is 5.64. The Hall–Kier alpha value is -5.09. The lowest BCUT2D eigenvalue weighted by Gasteiger charge is -2.39. The van der Waals surface area contributed by atoms with Crippen LogP contribution < -0.4 is 38.9 Å². The van der Waals surface area contributed by atoms with E-state index in [4.69, 9.17) is 22.9 Å². The summed E-state index contributed by atoms with van der Waals surface area (Å²) in [6.45, 7) is 3.28. The number of aliphatic hydroxyl groups excluding tert-OH is 1. The number of aliphatic hydroxyl groups is 1. The number of amides is 5. The van der Waals surface area contributed by atoms with Crippen molar-refractivity contribution in [3.8, 4) is 0 Å². The molecule has 0 aromatic heterocycles. The predicted molar refractivity (Wildman–Crippen MR) is 184 cm³/mol. The molecular weight excluding hydrogens is 649 g/mol. The quantitative estimate of drug-likeness (QED) is 0.0553. The maximum absolute atomic E-state index is 14.3. The molecule has 1 aliphatic heterocycles. The number of hydrogen-bond donors (Lipinski definition) is 8. The van der Waals surface area contributed by atoms with E-state index < -0.39 is 72.2 Å². The lowest BCUT2D eigenvalue weighted by atomic mass is 9.91. The van der Waals surface area contributed by atoms with Crippen LogP contribution in [0.4, 0.5) is 4.39 Å². The molecule has 0 unspecified atom stereocenters. The highest BCUT2D eigenvalue weighted by atomic mass is 19.1. The summed E-state index contributed by atoms with van der Waals surface area (Å²) in [4.78, 5) is 72.1. The van der Waals surface area contributed by atoms with Gasteiger partial charge in [-0.25, -0.2) is 4.39 Å². The Kier molecular flexibility index (Phi) is 14.6. The zero-order valence-corrected chi connectivity index (χ0v) is 28.3. The van der Waals surface area contributed by atoms with Crippen molar-refractivity contribution in [3.63, 3.8) is 0 Å². The van der Waals surface area contributed by atoms with Crippen LogP contribution in [0.25, 0.3) is 0 Å². The third kappa shape index (κ3) is 11.5. The molecule has 3 rings (SSSR count). The molecule has 12 N–H and O–H groups in total. The second kappa shape index (κ2) is 18.6. The van der Waals surface area contributed by atoms with Gasteiger partial charge in [0, 0.05) is 25.9 Å². The number of benzene rings is 2. The van der Waals surface area contributed by atoms with Crippen LogP contribution in [-0.2, 0) is 43.4 Å². The molecule has 0 aliphatic carbocycles.